The summed E-state index contributed by atoms with van der Waals surface area (Å²) in [7, 11) is 0. The van der Waals surface area contributed by atoms with Gasteiger partial charge in [0.2, 0.25) is 0 Å². The van der Waals surface area contributed by atoms with Gasteiger partial charge in [0, 0.05) is 18.3 Å². The zero-order valence-corrected chi connectivity index (χ0v) is 9.05. The summed E-state index contributed by atoms with van der Waals surface area (Å²) in [5.74, 6) is -0.0868. The van der Waals surface area contributed by atoms with E-state index < -0.39 is 6.10 Å². The Morgan fingerprint density at radius 1 is 1.35 bits per heavy atom. The zero-order chi connectivity index (χ0) is 12.3. The third kappa shape index (κ3) is 2.64. The highest BCUT2D eigenvalue weighted by Gasteiger charge is 2.10. The first-order valence-corrected chi connectivity index (χ1v) is 5.17. The Morgan fingerprint density at radius 3 is 2.88 bits per heavy atom. The van der Waals surface area contributed by atoms with Crippen molar-refractivity contribution in [1.82, 2.24) is 9.97 Å². The van der Waals surface area contributed by atoms with Crippen molar-refractivity contribution in [2.75, 3.05) is 6.54 Å². The summed E-state index contributed by atoms with van der Waals surface area (Å²) in [5, 5.41) is 9.53. The van der Waals surface area contributed by atoms with Gasteiger partial charge in [-0.2, -0.15) is 0 Å². The molecule has 1 atom stereocenters. The molecule has 5 heteroatoms. The quantitative estimate of drug-likeness (QED) is 0.837. The Balaban J connectivity index is 2.39. The van der Waals surface area contributed by atoms with Gasteiger partial charge in [-0.05, 0) is 18.2 Å². The molecular formula is C12H12FN3O. The van der Waals surface area contributed by atoms with Gasteiger partial charge in [0.1, 0.15) is 11.9 Å². The van der Waals surface area contributed by atoms with E-state index in [0.717, 1.165) is 0 Å². The Morgan fingerprint density at radius 2 is 2.18 bits per heavy atom. The second-order valence-corrected chi connectivity index (χ2v) is 3.56. The highest BCUT2D eigenvalue weighted by Crippen LogP contribution is 2.18. The summed E-state index contributed by atoms with van der Waals surface area (Å²) in [5.41, 5.74) is 6.52. The maximum absolute atomic E-state index is 13.1. The van der Waals surface area contributed by atoms with Crippen LogP contribution >= 0.6 is 0 Å². The van der Waals surface area contributed by atoms with E-state index in [-0.39, 0.29) is 18.2 Å². The van der Waals surface area contributed by atoms with E-state index in [0.29, 0.717) is 11.3 Å². The standard InChI is InChI=1S/C12H12FN3O/c13-9-3-1-2-8(6-9)10-4-5-15-12(16-10)11(17)7-14/h1-6,11,17H,7,14H2. The third-order valence-electron chi connectivity index (χ3n) is 2.32. The molecular weight excluding hydrogens is 221 g/mol. The molecule has 3 N–H and O–H groups in total. The Kier molecular flexibility index (Phi) is 3.41. The number of hydrogen-bond acceptors (Lipinski definition) is 4. The van der Waals surface area contributed by atoms with Crippen molar-refractivity contribution in [1.29, 1.82) is 0 Å². The fourth-order valence-corrected chi connectivity index (χ4v) is 1.45. The summed E-state index contributed by atoms with van der Waals surface area (Å²) in [6.45, 7) is 0.0482. The molecule has 0 spiro atoms. The van der Waals surface area contributed by atoms with Crippen molar-refractivity contribution in [3.05, 3.63) is 48.2 Å². The summed E-state index contributed by atoms with van der Waals surface area (Å²) in [4.78, 5) is 8.07. The smallest absolute Gasteiger partial charge is 0.158 e. The molecule has 4 nitrogen and oxygen atoms in total. The lowest BCUT2D eigenvalue weighted by molar-refractivity contribution is 0.176. The van der Waals surface area contributed by atoms with Gasteiger partial charge >= 0.3 is 0 Å². The lowest BCUT2D eigenvalue weighted by atomic mass is 10.1. The molecule has 2 rings (SSSR count). The molecule has 0 saturated heterocycles. The summed E-state index contributed by atoms with van der Waals surface area (Å²) < 4.78 is 13.1. The van der Waals surface area contributed by atoms with Crippen LogP contribution in [0, 0.1) is 5.82 Å². The predicted molar refractivity (Wildman–Crippen MR) is 61.4 cm³/mol. The van der Waals surface area contributed by atoms with E-state index in [9.17, 15) is 9.50 Å². The molecule has 0 saturated carbocycles. The van der Waals surface area contributed by atoms with E-state index in [4.69, 9.17) is 5.73 Å². The maximum Gasteiger partial charge on any atom is 0.158 e. The van der Waals surface area contributed by atoms with E-state index in [1.807, 2.05) is 0 Å². The number of nitrogens with zero attached hydrogens (tertiary/aromatic N) is 2. The molecule has 0 aliphatic carbocycles. The van der Waals surface area contributed by atoms with Crippen molar-refractivity contribution in [2.45, 2.75) is 6.10 Å². The molecule has 1 heterocycles. The first-order valence-electron chi connectivity index (χ1n) is 5.17. The largest absolute Gasteiger partial charge is 0.384 e. The van der Waals surface area contributed by atoms with Gasteiger partial charge < -0.3 is 10.8 Å². The Hall–Kier alpha value is -1.85. The lowest BCUT2D eigenvalue weighted by Crippen LogP contribution is -2.14. The first kappa shape index (κ1) is 11.6. The monoisotopic (exact) mass is 233 g/mol. The number of nitrogens with two attached hydrogens (primary N) is 1. The van der Waals surface area contributed by atoms with Crippen molar-refractivity contribution in [2.24, 2.45) is 5.73 Å². The summed E-state index contributed by atoms with van der Waals surface area (Å²) in [6, 6.07) is 7.73. The van der Waals surface area contributed by atoms with Gasteiger partial charge in [-0.3, -0.25) is 0 Å². The molecule has 0 aliphatic rings. The maximum atomic E-state index is 13.1. The molecule has 0 fully saturated rings. The lowest BCUT2D eigenvalue weighted by Gasteiger charge is -2.07. The van der Waals surface area contributed by atoms with Gasteiger partial charge in [-0.1, -0.05) is 12.1 Å². The van der Waals surface area contributed by atoms with Crippen LogP contribution in [0.1, 0.15) is 11.9 Å². The van der Waals surface area contributed by atoms with Gasteiger partial charge in [0.25, 0.3) is 0 Å². The van der Waals surface area contributed by atoms with Crippen LogP contribution in [-0.4, -0.2) is 21.6 Å². The average Bonchev–Trinajstić information content (AvgIpc) is 2.38. The van der Waals surface area contributed by atoms with E-state index >= 15 is 0 Å². The molecule has 0 radical (unpaired) electrons. The second-order valence-electron chi connectivity index (χ2n) is 3.56. The van der Waals surface area contributed by atoms with Crippen LogP contribution in [0.4, 0.5) is 4.39 Å². The van der Waals surface area contributed by atoms with E-state index in [1.165, 1.54) is 18.3 Å². The predicted octanol–water partition coefficient (Wildman–Crippen LogP) is 1.27. The van der Waals surface area contributed by atoms with Crippen LogP contribution in [0.2, 0.25) is 0 Å². The van der Waals surface area contributed by atoms with Crippen molar-refractivity contribution in [3.63, 3.8) is 0 Å². The molecule has 88 valence electrons. The number of aliphatic hydroxyl groups is 1. The van der Waals surface area contributed by atoms with Crippen molar-refractivity contribution >= 4 is 0 Å². The van der Waals surface area contributed by atoms with Gasteiger partial charge in [-0.15, -0.1) is 0 Å². The fraction of sp³-hybridized carbons (Fsp3) is 0.167. The number of aromatic nitrogens is 2. The molecule has 2 aromatic rings. The molecule has 1 unspecified atom stereocenters. The molecule has 0 bridgehead atoms. The highest BCUT2D eigenvalue weighted by molar-refractivity contribution is 5.58. The zero-order valence-electron chi connectivity index (χ0n) is 9.05. The van der Waals surface area contributed by atoms with Crippen LogP contribution in [0.5, 0.6) is 0 Å². The number of hydrogen-bond donors (Lipinski definition) is 2. The fourth-order valence-electron chi connectivity index (χ4n) is 1.45. The van der Waals surface area contributed by atoms with E-state index in [1.54, 1.807) is 18.2 Å². The average molecular weight is 233 g/mol. The summed E-state index contributed by atoms with van der Waals surface area (Å²) in [6.07, 6.45) is 0.616. The van der Waals surface area contributed by atoms with Crippen molar-refractivity contribution in [3.8, 4) is 11.3 Å². The van der Waals surface area contributed by atoms with Crippen molar-refractivity contribution < 1.29 is 9.50 Å². The molecule has 0 aliphatic heterocycles. The third-order valence-corrected chi connectivity index (χ3v) is 2.32. The minimum atomic E-state index is -0.900. The molecule has 1 aromatic carbocycles. The first-order chi connectivity index (χ1) is 8.20. The number of halogens is 1. The van der Waals surface area contributed by atoms with Gasteiger partial charge in [0.15, 0.2) is 5.82 Å². The molecule has 17 heavy (non-hydrogen) atoms. The minimum absolute atomic E-state index is 0.0482. The van der Waals surface area contributed by atoms with Gasteiger partial charge in [0.05, 0.1) is 5.69 Å². The number of rotatable bonds is 3. The summed E-state index contributed by atoms with van der Waals surface area (Å²) >= 11 is 0. The van der Waals surface area contributed by atoms with Crippen LogP contribution < -0.4 is 5.73 Å². The van der Waals surface area contributed by atoms with E-state index in [2.05, 4.69) is 9.97 Å². The van der Waals surface area contributed by atoms with Crippen LogP contribution in [0.3, 0.4) is 0 Å². The molecule has 1 aromatic heterocycles. The van der Waals surface area contributed by atoms with Crippen LogP contribution in [0.25, 0.3) is 11.3 Å². The normalized spacial score (nSPS) is 12.4. The Bertz CT molecular complexity index is 519. The topological polar surface area (TPSA) is 72.0 Å². The van der Waals surface area contributed by atoms with Crippen LogP contribution in [-0.2, 0) is 0 Å². The van der Waals surface area contributed by atoms with Gasteiger partial charge in [-0.25, -0.2) is 14.4 Å². The number of benzene rings is 1. The second kappa shape index (κ2) is 4.99. The number of aliphatic hydroxyl groups excluding tert-OH is 1. The molecule has 0 amide bonds. The SMILES string of the molecule is NCC(O)c1nccc(-c2cccc(F)c2)n1. The highest BCUT2D eigenvalue weighted by atomic mass is 19.1. The van der Waals surface area contributed by atoms with Crippen LogP contribution in [0.15, 0.2) is 36.5 Å². The minimum Gasteiger partial charge on any atom is -0.384 e. The Labute approximate surface area is 98.0 Å².